The van der Waals surface area contributed by atoms with Crippen LogP contribution in [0.25, 0.3) is 6.08 Å². The van der Waals surface area contributed by atoms with Gasteiger partial charge in [0.2, 0.25) is 0 Å². The summed E-state index contributed by atoms with van der Waals surface area (Å²) in [7, 11) is -2.98. The molecule has 0 N–H and O–H groups in total. The summed E-state index contributed by atoms with van der Waals surface area (Å²) in [5, 5.41) is 22.0. The Bertz CT molecular complexity index is 744. The SMILES string of the molecule is Cc1nn([C@@H]2CCS(=O)(=O)C2)c(C)c1C=C(C#N)C#N. The zero-order chi connectivity index (χ0) is 14.9. The molecule has 1 aromatic heterocycles. The smallest absolute Gasteiger partial charge is 0.152 e. The van der Waals surface area contributed by atoms with E-state index in [1.165, 1.54) is 6.08 Å². The van der Waals surface area contributed by atoms with E-state index in [1.54, 1.807) is 11.6 Å². The van der Waals surface area contributed by atoms with E-state index in [0.29, 0.717) is 17.7 Å². The van der Waals surface area contributed by atoms with Gasteiger partial charge in [-0.3, -0.25) is 4.68 Å². The lowest BCUT2D eigenvalue weighted by Gasteiger charge is -2.10. The zero-order valence-corrected chi connectivity index (χ0v) is 12.1. The van der Waals surface area contributed by atoms with E-state index in [1.807, 2.05) is 19.1 Å². The van der Waals surface area contributed by atoms with Crippen LogP contribution in [0.5, 0.6) is 0 Å². The fraction of sp³-hybridized carbons (Fsp3) is 0.462. The van der Waals surface area contributed by atoms with Crippen molar-refractivity contribution >= 4 is 15.9 Å². The van der Waals surface area contributed by atoms with Gasteiger partial charge in [-0.1, -0.05) is 0 Å². The van der Waals surface area contributed by atoms with Crippen molar-refractivity contribution in [1.82, 2.24) is 9.78 Å². The molecule has 20 heavy (non-hydrogen) atoms. The van der Waals surface area contributed by atoms with Crippen LogP contribution in [0.4, 0.5) is 0 Å². The third kappa shape index (κ3) is 2.59. The molecule has 1 aromatic rings. The summed E-state index contributed by atoms with van der Waals surface area (Å²) in [5.41, 5.74) is 2.20. The van der Waals surface area contributed by atoms with Crippen molar-refractivity contribution < 1.29 is 8.42 Å². The standard InChI is InChI=1S/C13H14N4O2S/c1-9-13(5-11(6-14)7-15)10(2)17(16-9)12-3-4-20(18,19)8-12/h5,12H,3-4,8H2,1-2H3/t12-/m1/s1. The van der Waals surface area contributed by atoms with Crippen LogP contribution >= 0.6 is 0 Å². The highest BCUT2D eigenvalue weighted by Crippen LogP contribution is 2.27. The molecule has 6 nitrogen and oxygen atoms in total. The van der Waals surface area contributed by atoms with Gasteiger partial charge >= 0.3 is 0 Å². The number of hydrogen-bond donors (Lipinski definition) is 0. The number of hydrogen-bond acceptors (Lipinski definition) is 5. The van der Waals surface area contributed by atoms with Crippen LogP contribution in [0.15, 0.2) is 5.57 Å². The molecule has 7 heteroatoms. The molecule has 0 amide bonds. The number of sulfone groups is 1. The molecule has 0 unspecified atom stereocenters. The molecule has 1 aliphatic rings. The third-order valence-electron chi connectivity index (χ3n) is 3.46. The summed E-state index contributed by atoms with van der Waals surface area (Å²) < 4.78 is 24.8. The first kappa shape index (κ1) is 14.3. The maximum absolute atomic E-state index is 11.5. The van der Waals surface area contributed by atoms with Gasteiger partial charge in [-0.25, -0.2) is 8.42 Å². The quantitative estimate of drug-likeness (QED) is 0.764. The minimum atomic E-state index is -2.98. The number of nitriles is 2. The lowest BCUT2D eigenvalue weighted by molar-refractivity contribution is 0.486. The highest BCUT2D eigenvalue weighted by molar-refractivity contribution is 7.91. The Kier molecular flexibility index (Phi) is 3.65. The molecule has 0 radical (unpaired) electrons. The van der Waals surface area contributed by atoms with Crippen molar-refractivity contribution in [2.75, 3.05) is 11.5 Å². The Morgan fingerprint density at radius 2 is 2.05 bits per heavy atom. The van der Waals surface area contributed by atoms with Crippen LogP contribution in [0, 0.1) is 36.5 Å². The lowest BCUT2D eigenvalue weighted by Crippen LogP contribution is -2.13. The first-order chi connectivity index (χ1) is 9.38. The summed E-state index contributed by atoms with van der Waals surface area (Å²) >= 11 is 0. The molecule has 0 spiro atoms. The second-order valence-corrected chi connectivity index (χ2v) is 7.10. The van der Waals surface area contributed by atoms with Crippen molar-refractivity contribution in [1.29, 1.82) is 10.5 Å². The van der Waals surface area contributed by atoms with Crippen LogP contribution in [0.3, 0.4) is 0 Å². The molecule has 0 saturated carbocycles. The third-order valence-corrected chi connectivity index (χ3v) is 5.22. The average molecular weight is 290 g/mol. The van der Waals surface area contributed by atoms with E-state index < -0.39 is 9.84 Å². The van der Waals surface area contributed by atoms with E-state index >= 15 is 0 Å². The Labute approximate surface area is 117 Å². The molecule has 0 bridgehead atoms. The Hall–Kier alpha value is -2.12. The summed E-state index contributed by atoms with van der Waals surface area (Å²) in [6.07, 6.45) is 2.05. The van der Waals surface area contributed by atoms with Crippen LogP contribution in [-0.4, -0.2) is 29.7 Å². The molecule has 2 heterocycles. The van der Waals surface area contributed by atoms with Gasteiger partial charge in [-0.15, -0.1) is 0 Å². The number of rotatable bonds is 2. The summed E-state index contributed by atoms with van der Waals surface area (Å²) in [6.45, 7) is 3.61. The van der Waals surface area contributed by atoms with Gasteiger partial charge in [0.15, 0.2) is 9.84 Å². The Morgan fingerprint density at radius 1 is 1.40 bits per heavy atom. The highest BCUT2D eigenvalue weighted by Gasteiger charge is 2.31. The first-order valence-electron chi connectivity index (χ1n) is 6.16. The van der Waals surface area contributed by atoms with Crippen molar-refractivity contribution in [3.8, 4) is 12.1 Å². The molecular formula is C13H14N4O2S. The van der Waals surface area contributed by atoms with Gasteiger partial charge in [0, 0.05) is 11.3 Å². The van der Waals surface area contributed by atoms with Gasteiger partial charge in [0.25, 0.3) is 0 Å². The predicted octanol–water partition coefficient (Wildman–Crippen LogP) is 1.29. The molecule has 1 atom stereocenters. The second-order valence-electron chi connectivity index (χ2n) is 4.87. The van der Waals surface area contributed by atoms with E-state index in [4.69, 9.17) is 10.5 Å². The molecule has 0 aliphatic carbocycles. The molecule has 1 aliphatic heterocycles. The van der Waals surface area contributed by atoms with Gasteiger partial charge in [-0.05, 0) is 26.3 Å². The van der Waals surface area contributed by atoms with E-state index in [0.717, 1.165) is 5.69 Å². The van der Waals surface area contributed by atoms with Crippen LogP contribution in [0.1, 0.15) is 29.4 Å². The van der Waals surface area contributed by atoms with Crippen molar-refractivity contribution in [2.45, 2.75) is 26.3 Å². The number of aromatic nitrogens is 2. The molecular weight excluding hydrogens is 276 g/mol. The van der Waals surface area contributed by atoms with Crippen molar-refractivity contribution in [2.24, 2.45) is 0 Å². The summed E-state index contributed by atoms with van der Waals surface area (Å²) in [6, 6.07) is 3.47. The molecule has 0 aromatic carbocycles. The Morgan fingerprint density at radius 3 is 2.55 bits per heavy atom. The Balaban J connectivity index is 2.44. The van der Waals surface area contributed by atoms with E-state index in [-0.39, 0.29) is 23.1 Å². The van der Waals surface area contributed by atoms with Gasteiger partial charge in [0.1, 0.15) is 17.7 Å². The zero-order valence-electron chi connectivity index (χ0n) is 11.3. The summed E-state index contributed by atoms with van der Waals surface area (Å²) in [4.78, 5) is 0. The number of aryl methyl sites for hydroxylation is 1. The first-order valence-corrected chi connectivity index (χ1v) is 7.98. The maximum Gasteiger partial charge on any atom is 0.152 e. The normalized spacial score (nSPS) is 20.1. The van der Waals surface area contributed by atoms with Crippen LogP contribution < -0.4 is 0 Å². The van der Waals surface area contributed by atoms with Crippen LogP contribution in [-0.2, 0) is 9.84 Å². The number of allylic oxidation sites excluding steroid dienone is 1. The van der Waals surface area contributed by atoms with Gasteiger partial charge in [0.05, 0.1) is 23.2 Å². The topological polar surface area (TPSA) is 99.5 Å². The van der Waals surface area contributed by atoms with E-state index in [2.05, 4.69) is 5.10 Å². The minimum Gasteiger partial charge on any atom is -0.265 e. The fourth-order valence-corrected chi connectivity index (χ4v) is 4.13. The van der Waals surface area contributed by atoms with Crippen molar-refractivity contribution in [3.63, 3.8) is 0 Å². The maximum atomic E-state index is 11.5. The fourth-order valence-electron chi connectivity index (χ4n) is 2.44. The average Bonchev–Trinajstić information content (AvgIpc) is 2.88. The molecule has 2 rings (SSSR count). The van der Waals surface area contributed by atoms with Crippen molar-refractivity contribution in [3.05, 3.63) is 22.5 Å². The minimum absolute atomic E-state index is 0.00907. The largest absolute Gasteiger partial charge is 0.265 e. The van der Waals surface area contributed by atoms with Crippen LogP contribution in [0.2, 0.25) is 0 Å². The predicted molar refractivity (Wildman–Crippen MR) is 73.2 cm³/mol. The molecule has 104 valence electrons. The van der Waals surface area contributed by atoms with E-state index in [9.17, 15) is 8.42 Å². The summed E-state index contributed by atoms with van der Waals surface area (Å²) in [5.74, 6) is 0.282. The van der Waals surface area contributed by atoms with Gasteiger partial charge < -0.3 is 0 Å². The lowest BCUT2D eigenvalue weighted by atomic mass is 10.1. The number of nitrogens with zero attached hydrogens (tertiary/aromatic N) is 4. The second kappa shape index (κ2) is 5.10. The highest BCUT2D eigenvalue weighted by atomic mass is 32.2. The monoisotopic (exact) mass is 290 g/mol. The molecule has 1 saturated heterocycles. The van der Waals surface area contributed by atoms with Gasteiger partial charge in [-0.2, -0.15) is 15.6 Å². The molecule has 1 fully saturated rings.